The first kappa shape index (κ1) is 15.2. The minimum Gasteiger partial charge on any atom is -0.394 e. The van der Waals surface area contributed by atoms with Crippen LogP contribution < -0.4 is 5.73 Å². The third-order valence-electron chi connectivity index (χ3n) is 3.58. The molecule has 0 bridgehead atoms. The Balaban J connectivity index is 1.94. The van der Waals surface area contributed by atoms with Crippen LogP contribution in [0.15, 0.2) is 35.6 Å². The Kier molecular flexibility index (Phi) is 5.34. The summed E-state index contributed by atoms with van der Waals surface area (Å²) >= 11 is 1.72. The molecular weight excluding hydrogens is 270 g/mol. The second-order valence-electron chi connectivity index (χ2n) is 5.02. The minimum absolute atomic E-state index is 0.0462. The van der Waals surface area contributed by atoms with E-state index in [-0.39, 0.29) is 6.61 Å². The predicted molar refractivity (Wildman–Crippen MR) is 83.8 cm³/mol. The quantitative estimate of drug-likeness (QED) is 0.466. The molecule has 20 heavy (non-hydrogen) atoms. The molecule has 0 aliphatic heterocycles. The molecule has 4 nitrogen and oxygen atoms in total. The Morgan fingerprint density at radius 3 is 2.85 bits per heavy atom. The molecule has 0 radical (unpaired) electrons. The molecule has 1 aromatic carbocycles. The van der Waals surface area contributed by atoms with Gasteiger partial charge in [-0.3, -0.25) is 0 Å². The Morgan fingerprint density at radius 2 is 2.10 bits per heavy atom. The van der Waals surface area contributed by atoms with Crippen LogP contribution in [-0.2, 0) is 0 Å². The summed E-state index contributed by atoms with van der Waals surface area (Å²) in [5, 5.41) is 11.4. The van der Waals surface area contributed by atoms with E-state index in [4.69, 9.17) is 5.73 Å². The highest BCUT2D eigenvalue weighted by atomic mass is 32.2. The molecule has 0 amide bonds. The number of para-hydroxylation sites is 1. The molecule has 2 rings (SSSR count). The number of nitrogens with zero attached hydrogens (tertiary/aromatic N) is 2. The summed E-state index contributed by atoms with van der Waals surface area (Å²) in [5.74, 6) is 0.944. The maximum atomic E-state index is 9.29. The van der Waals surface area contributed by atoms with Crippen molar-refractivity contribution in [2.24, 2.45) is 5.73 Å². The third-order valence-corrected chi connectivity index (χ3v) is 4.67. The van der Waals surface area contributed by atoms with Gasteiger partial charge in [0, 0.05) is 10.9 Å². The predicted octanol–water partition coefficient (Wildman–Crippen LogP) is 2.60. The Hall–Kier alpha value is -1.17. The van der Waals surface area contributed by atoms with Crippen molar-refractivity contribution in [2.45, 2.75) is 36.8 Å². The molecule has 0 saturated heterocycles. The standard InChI is InChI=1S/C15H21N3OS/c1-2-15(16,10-19)8-5-9-20-14-12-6-3-4-7-13(12)17-11-18-14/h3-4,6-7,11,19H,2,5,8-10,16H2,1H3. The van der Waals surface area contributed by atoms with Gasteiger partial charge in [-0.2, -0.15) is 0 Å². The summed E-state index contributed by atoms with van der Waals surface area (Å²) in [4.78, 5) is 8.61. The molecule has 1 atom stereocenters. The van der Waals surface area contributed by atoms with Crippen molar-refractivity contribution in [1.82, 2.24) is 9.97 Å². The van der Waals surface area contributed by atoms with Gasteiger partial charge < -0.3 is 10.8 Å². The molecule has 3 N–H and O–H groups in total. The lowest BCUT2D eigenvalue weighted by Gasteiger charge is -2.25. The van der Waals surface area contributed by atoms with Gasteiger partial charge in [0.1, 0.15) is 11.4 Å². The van der Waals surface area contributed by atoms with E-state index in [1.54, 1.807) is 18.1 Å². The Morgan fingerprint density at radius 1 is 1.30 bits per heavy atom. The molecule has 0 aliphatic rings. The molecule has 1 heterocycles. The normalized spacial score (nSPS) is 14.3. The molecule has 1 aromatic heterocycles. The monoisotopic (exact) mass is 291 g/mol. The Labute approximate surface area is 123 Å². The van der Waals surface area contributed by atoms with Crippen LogP contribution in [0.25, 0.3) is 10.9 Å². The molecule has 2 aromatic rings. The van der Waals surface area contributed by atoms with Crippen LogP contribution in [0.2, 0.25) is 0 Å². The largest absolute Gasteiger partial charge is 0.394 e. The van der Waals surface area contributed by atoms with Gasteiger partial charge in [-0.15, -0.1) is 11.8 Å². The fourth-order valence-corrected chi connectivity index (χ4v) is 2.99. The van der Waals surface area contributed by atoms with Crippen LogP contribution in [0.4, 0.5) is 0 Å². The highest BCUT2D eigenvalue weighted by Gasteiger charge is 2.20. The van der Waals surface area contributed by atoms with E-state index in [0.717, 1.165) is 40.9 Å². The number of aromatic nitrogens is 2. The van der Waals surface area contributed by atoms with E-state index in [1.165, 1.54) is 0 Å². The van der Waals surface area contributed by atoms with Crippen LogP contribution >= 0.6 is 11.8 Å². The zero-order chi connectivity index (χ0) is 14.4. The van der Waals surface area contributed by atoms with E-state index in [0.29, 0.717) is 0 Å². The third kappa shape index (κ3) is 3.69. The van der Waals surface area contributed by atoms with Crippen molar-refractivity contribution in [3.8, 4) is 0 Å². The number of hydrogen-bond acceptors (Lipinski definition) is 5. The lowest BCUT2D eigenvalue weighted by molar-refractivity contribution is 0.182. The summed E-state index contributed by atoms with van der Waals surface area (Å²) in [6.07, 6.45) is 4.20. The number of nitrogens with two attached hydrogens (primary N) is 1. The van der Waals surface area contributed by atoms with Gasteiger partial charge >= 0.3 is 0 Å². The van der Waals surface area contributed by atoms with Crippen LogP contribution in [-0.4, -0.2) is 33.0 Å². The number of benzene rings is 1. The number of hydrogen-bond donors (Lipinski definition) is 2. The van der Waals surface area contributed by atoms with Crippen molar-refractivity contribution < 1.29 is 5.11 Å². The van der Waals surface area contributed by atoms with Crippen LogP contribution in [0.3, 0.4) is 0 Å². The fourth-order valence-electron chi connectivity index (χ4n) is 2.06. The van der Waals surface area contributed by atoms with Gasteiger partial charge in [-0.25, -0.2) is 9.97 Å². The summed E-state index contributed by atoms with van der Waals surface area (Å²) in [6, 6.07) is 8.03. The molecular formula is C15H21N3OS. The summed E-state index contributed by atoms with van der Waals surface area (Å²) in [5.41, 5.74) is 6.62. The molecule has 0 aliphatic carbocycles. The summed E-state index contributed by atoms with van der Waals surface area (Å²) < 4.78 is 0. The average Bonchev–Trinajstić information content (AvgIpc) is 2.51. The van der Waals surface area contributed by atoms with Crippen molar-refractivity contribution in [3.05, 3.63) is 30.6 Å². The van der Waals surface area contributed by atoms with Crippen LogP contribution in [0, 0.1) is 0 Å². The summed E-state index contributed by atoms with van der Waals surface area (Å²) in [6.45, 7) is 2.06. The maximum Gasteiger partial charge on any atom is 0.117 e. The maximum absolute atomic E-state index is 9.29. The molecule has 1 unspecified atom stereocenters. The molecule has 5 heteroatoms. The van der Waals surface area contributed by atoms with Gasteiger partial charge in [-0.05, 0) is 31.1 Å². The number of aliphatic hydroxyl groups excluding tert-OH is 1. The SMILES string of the molecule is CCC(N)(CO)CCCSc1ncnc2ccccc12. The molecule has 108 valence electrons. The van der Waals surface area contributed by atoms with Crippen LogP contribution in [0.1, 0.15) is 26.2 Å². The molecule has 0 saturated carbocycles. The topological polar surface area (TPSA) is 72.0 Å². The second kappa shape index (κ2) is 7.02. The smallest absolute Gasteiger partial charge is 0.117 e. The van der Waals surface area contributed by atoms with Crippen molar-refractivity contribution in [3.63, 3.8) is 0 Å². The van der Waals surface area contributed by atoms with Gasteiger partial charge in [0.25, 0.3) is 0 Å². The van der Waals surface area contributed by atoms with E-state index in [1.807, 2.05) is 31.2 Å². The van der Waals surface area contributed by atoms with Gasteiger partial charge in [0.2, 0.25) is 0 Å². The fraction of sp³-hybridized carbons (Fsp3) is 0.467. The van der Waals surface area contributed by atoms with Crippen molar-refractivity contribution in [2.75, 3.05) is 12.4 Å². The first-order valence-corrected chi connectivity index (χ1v) is 7.89. The van der Waals surface area contributed by atoms with E-state index in [2.05, 4.69) is 9.97 Å². The Bertz CT molecular complexity index is 552. The number of fused-ring (bicyclic) bond motifs is 1. The van der Waals surface area contributed by atoms with E-state index < -0.39 is 5.54 Å². The van der Waals surface area contributed by atoms with Crippen molar-refractivity contribution in [1.29, 1.82) is 0 Å². The average molecular weight is 291 g/mol. The first-order valence-electron chi connectivity index (χ1n) is 6.91. The van der Waals surface area contributed by atoms with Crippen molar-refractivity contribution >= 4 is 22.7 Å². The zero-order valence-electron chi connectivity index (χ0n) is 11.7. The zero-order valence-corrected chi connectivity index (χ0v) is 12.6. The lowest BCUT2D eigenvalue weighted by Crippen LogP contribution is -2.42. The van der Waals surface area contributed by atoms with Gasteiger partial charge in [0.05, 0.1) is 12.1 Å². The first-order chi connectivity index (χ1) is 9.68. The van der Waals surface area contributed by atoms with Gasteiger partial charge in [0.15, 0.2) is 0 Å². The highest BCUT2D eigenvalue weighted by molar-refractivity contribution is 7.99. The van der Waals surface area contributed by atoms with E-state index in [9.17, 15) is 5.11 Å². The number of aliphatic hydroxyl groups is 1. The second-order valence-corrected chi connectivity index (χ2v) is 6.11. The minimum atomic E-state index is -0.436. The van der Waals surface area contributed by atoms with E-state index >= 15 is 0 Å². The lowest BCUT2D eigenvalue weighted by atomic mass is 9.93. The molecule has 0 spiro atoms. The number of rotatable bonds is 7. The molecule has 0 fully saturated rings. The van der Waals surface area contributed by atoms with Crippen LogP contribution in [0.5, 0.6) is 0 Å². The summed E-state index contributed by atoms with van der Waals surface area (Å²) in [7, 11) is 0. The van der Waals surface area contributed by atoms with Gasteiger partial charge in [-0.1, -0.05) is 25.1 Å². The number of thioether (sulfide) groups is 1. The highest BCUT2D eigenvalue weighted by Crippen LogP contribution is 2.26.